The first-order valence-electron chi connectivity index (χ1n) is 10.5. The third-order valence-corrected chi connectivity index (χ3v) is 5.77. The van der Waals surface area contributed by atoms with Gasteiger partial charge in [-0.3, -0.25) is 10.6 Å². The fourth-order valence-electron chi connectivity index (χ4n) is 3.82. The molecule has 0 bridgehead atoms. The molecule has 170 valence electrons. The molecule has 0 aromatic rings. The summed E-state index contributed by atoms with van der Waals surface area (Å²) in [5.41, 5.74) is 0. The van der Waals surface area contributed by atoms with Crippen LogP contribution in [0.1, 0.15) is 52.9 Å². The standard InChI is InChI=1S/C18H38N6O4S/c1-12(2)28-15-7-5-14(6-8-15)22-18(25)24-17-21-13(3)11-16(23-17)19-9-10-20-29(4,26)27/h12-17,19-21,23H,5-11H2,1-4H3,(H2,22,24,25). The van der Waals surface area contributed by atoms with Crippen LogP contribution in [0.2, 0.25) is 0 Å². The van der Waals surface area contributed by atoms with E-state index in [2.05, 4.69) is 31.3 Å². The highest BCUT2D eigenvalue weighted by molar-refractivity contribution is 7.88. The Balaban J connectivity index is 1.68. The quantitative estimate of drug-likeness (QED) is 0.276. The van der Waals surface area contributed by atoms with Gasteiger partial charge in [-0.2, -0.15) is 0 Å². The number of ether oxygens (including phenoxy) is 1. The minimum atomic E-state index is -3.18. The zero-order chi connectivity index (χ0) is 21.4. The molecule has 0 aromatic carbocycles. The molecule has 1 saturated carbocycles. The number of rotatable bonds is 9. The smallest absolute Gasteiger partial charge is 0.317 e. The summed E-state index contributed by atoms with van der Waals surface area (Å²) in [6.07, 6.45) is 5.87. The lowest BCUT2D eigenvalue weighted by Gasteiger charge is -2.37. The highest BCUT2D eigenvalue weighted by Gasteiger charge is 2.27. The second-order valence-corrected chi connectivity index (χ2v) is 10.2. The molecule has 11 heteroatoms. The molecule has 1 saturated heterocycles. The Bertz CT molecular complexity index is 609. The predicted octanol–water partition coefficient (Wildman–Crippen LogP) is -0.258. The fraction of sp³-hybridized carbons (Fsp3) is 0.944. The van der Waals surface area contributed by atoms with E-state index in [1.54, 1.807) is 0 Å². The molecule has 1 aliphatic heterocycles. The number of hydrogen-bond donors (Lipinski definition) is 6. The van der Waals surface area contributed by atoms with E-state index in [0.717, 1.165) is 38.4 Å². The van der Waals surface area contributed by atoms with Gasteiger partial charge in [-0.15, -0.1) is 0 Å². The van der Waals surface area contributed by atoms with Gasteiger partial charge in [-0.25, -0.2) is 17.9 Å². The van der Waals surface area contributed by atoms with Crippen molar-refractivity contribution in [1.29, 1.82) is 0 Å². The molecular formula is C18H38N6O4S. The van der Waals surface area contributed by atoms with Crippen LogP contribution >= 0.6 is 0 Å². The molecule has 3 unspecified atom stereocenters. The molecule has 10 nitrogen and oxygen atoms in total. The molecule has 0 spiro atoms. The van der Waals surface area contributed by atoms with Gasteiger partial charge in [-0.1, -0.05) is 0 Å². The Hall–Kier alpha value is -0.980. The van der Waals surface area contributed by atoms with E-state index in [0.29, 0.717) is 19.2 Å². The van der Waals surface area contributed by atoms with Crippen LogP contribution < -0.4 is 31.3 Å². The van der Waals surface area contributed by atoms with E-state index in [4.69, 9.17) is 4.74 Å². The highest BCUT2D eigenvalue weighted by atomic mass is 32.2. The average Bonchev–Trinajstić information content (AvgIpc) is 2.58. The number of carbonyl (C=O) groups is 1. The van der Waals surface area contributed by atoms with Crippen LogP contribution in [-0.2, 0) is 14.8 Å². The SMILES string of the molecule is CC1CC(NCCNS(C)(=O)=O)NC(NC(=O)NC2CCC(OC(C)C)CC2)N1. The van der Waals surface area contributed by atoms with Gasteiger partial charge in [0.15, 0.2) is 0 Å². The summed E-state index contributed by atoms with van der Waals surface area (Å²) in [4.78, 5) is 12.4. The van der Waals surface area contributed by atoms with Crippen LogP contribution in [0.25, 0.3) is 0 Å². The van der Waals surface area contributed by atoms with Crippen molar-refractivity contribution in [3.63, 3.8) is 0 Å². The Kier molecular flexibility index (Phi) is 9.57. The fourth-order valence-corrected chi connectivity index (χ4v) is 4.29. The predicted molar refractivity (Wildman–Crippen MR) is 113 cm³/mol. The summed E-state index contributed by atoms with van der Waals surface area (Å²) in [6, 6.07) is 0.166. The summed E-state index contributed by atoms with van der Waals surface area (Å²) in [5.74, 6) is 0. The molecule has 1 heterocycles. The van der Waals surface area contributed by atoms with Crippen LogP contribution in [0.4, 0.5) is 4.79 Å². The molecule has 2 fully saturated rings. The van der Waals surface area contributed by atoms with Crippen molar-refractivity contribution in [2.45, 2.75) is 89.6 Å². The Morgan fingerprint density at radius 3 is 2.41 bits per heavy atom. The lowest BCUT2D eigenvalue weighted by Crippen LogP contribution is -2.68. The first kappa shape index (κ1) is 24.3. The number of sulfonamides is 1. The topological polar surface area (TPSA) is 133 Å². The maximum absolute atomic E-state index is 12.4. The lowest BCUT2D eigenvalue weighted by atomic mass is 9.93. The largest absolute Gasteiger partial charge is 0.376 e. The normalized spacial score (nSPS) is 30.9. The summed E-state index contributed by atoms with van der Waals surface area (Å²) in [5, 5.41) is 15.8. The van der Waals surface area contributed by atoms with Gasteiger partial charge in [0.25, 0.3) is 0 Å². The lowest BCUT2D eigenvalue weighted by molar-refractivity contribution is -0.0156. The molecule has 2 rings (SSSR count). The van der Waals surface area contributed by atoms with Crippen LogP contribution in [0.5, 0.6) is 0 Å². The van der Waals surface area contributed by atoms with Crippen molar-refractivity contribution < 1.29 is 17.9 Å². The van der Waals surface area contributed by atoms with Crippen molar-refractivity contribution in [2.24, 2.45) is 0 Å². The molecule has 6 N–H and O–H groups in total. The van der Waals surface area contributed by atoms with E-state index >= 15 is 0 Å². The number of nitrogens with one attached hydrogen (secondary N) is 6. The molecule has 3 atom stereocenters. The van der Waals surface area contributed by atoms with Gasteiger partial charge in [0, 0.05) is 25.2 Å². The number of hydrogen-bond acceptors (Lipinski definition) is 7. The summed E-state index contributed by atoms with van der Waals surface area (Å²) in [6.45, 7) is 6.96. The zero-order valence-corrected chi connectivity index (χ0v) is 18.8. The summed E-state index contributed by atoms with van der Waals surface area (Å²) >= 11 is 0. The van der Waals surface area contributed by atoms with Gasteiger partial charge in [0.05, 0.1) is 24.6 Å². The highest BCUT2D eigenvalue weighted by Crippen LogP contribution is 2.22. The van der Waals surface area contributed by atoms with Gasteiger partial charge in [-0.05, 0) is 52.9 Å². The van der Waals surface area contributed by atoms with Gasteiger partial charge < -0.3 is 20.7 Å². The number of carbonyl (C=O) groups excluding carboxylic acids is 1. The monoisotopic (exact) mass is 434 g/mol. The molecular weight excluding hydrogens is 396 g/mol. The summed E-state index contributed by atoms with van der Waals surface area (Å²) < 4.78 is 30.5. The van der Waals surface area contributed by atoms with Gasteiger partial charge >= 0.3 is 6.03 Å². The van der Waals surface area contributed by atoms with Crippen LogP contribution in [-0.4, -0.2) is 70.5 Å². The Morgan fingerprint density at radius 1 is 1.10 bits per heavy atom. The van der Waals surface area contributed by atoms with Crippen molar-refractivity contribution in [3.05, 3.63) is 0 Å². The minimum Gasteiger partial charge on any atom is -0.376 e. The van der Waals surface area contributed by atoms with Crippen molar-refractivity contribution >= 4 is 16.1 Å². The third-order valence-electron chi connectivity index (χ3n) is 5.04. The molecule has 0 radical (unpaired) electrons. The number of amides is 2. The molecule has 1 aliphatic carbocycles. The van der Waals surface area contributed by atoms with E-state index in [-0.39, 0.29) is 36.7 Å². The Morgan fingerprint density at radius 2 is 1.79 bits per heavy atom. The first-order chi connectivity index (χ1) is 13.6. The first-order valence-corrected chi connectivity index (χ1v) is 12.4. The van der Waals surface area contributed by atoms with E-state index in [9.17, 15) is 13.2 Å². The van der Waals surface area contributed by atoms with Crippen LogP contribution in [0.15, 0.2) is 0 Å². The zero-order valence-electron chi connectivity index (χ0n) is 18.0. The maximum atomic E-state index is 12.4. The summed E-state index contributed by atoms with van der Waals surface area (Å²) in [7, 11) is -3.18. The van der Waals surface area contributed by atoms with E-state index in [1.807, 2.05) is 20.8 Å². The van der Waals surface area contributed by atoms with Crippen molar-refractivity contribution in [3.8, 4) is 0 Å². The average molecular weight is 435 g/mol. The van der Waals surface area contributed by atoms with Crippen LogP contribution in [0, 0.1) is 0 Å². The van der Waals surface area contributed by atoms with Crippen LogP contribution in [0.3, 0.4) is 0 Å². The minimum absolute atomic E-state index is 0.0264. The van der Waals surface area contributed by atoms with Crippen molar-refractivity contribution in [1.82, 2.24) is 31.3 Å². The third kappa shape index (κ3) is 10.1. The van der Waals surface area contributed by atoms with Gasteiger partial charge in [0.1, 0.15) is 6.29 Å². The second-order valence-electron chi connectivity index (χ2n) is 8.35. The van der Waals surface area contributed by atoms with E-state index in [1.165, 1.54) is 0 Å². The van der Waals surface area contributed by atoms with Crippen molar-refractivity contribution in [2.75, 3.05) is 19.3 Å². The Labute approximate surface area is 174 Å². The van der Waals surface area contributed by atoms with E-state index < -0.39 is 10.0 Å². The molecule has 29 heavy (non-hydrogen) atoms. The number of urea groups is 1. The molecule has 0 aromatic heterocycles. The molecule has 2 aliphatic rings. The second kappa shape index (κ2) is 11.4. The maximum Gasteiger partial charge on any atom is 0.317 e. The molecule has 2 amide bonds. The van der Waals surface area contributed by atoms with Gasteiger partial charge in [0.2, 0.25) is 10.0 Å².